The van der Waals surface area contributed by atoms with Crippen LogP contribution in [0.15, 0.2) is 24.3 Å². The van der Waals surface area contributed by atoms with E-state index in [0.717, 1.165) is 17.7 Å². The first-order chi connectivity index (χ1) is 12.0. The molecule has 1 aliphatic carbocycles. The van der Waals surface area contributed by atoms with E-state index in [1.807, 2.05) is 31.2 Å². The van der Waals surface area contributed by atoms with Gasteiger partial charge in [0, 0.05) is 24.6 Å². The third-order valence-corrected chi connectivity index (χ3v) is 4.63. The number of carboxylic acid groups (broad SMARTS) is 1. The average Bonchev–Trinajstić information content (AvgIpc) is 2.61. The van der Waals surface area contributed by atoms with Gasteiger partial charge in [-0.15, -0.1) is 0 Å². The maximum atomic E-state index is 12.2. The van der Waals surface area contributed by atoms with Crippen LogP contribution in [0.4, 0.5) is 5.69 Å². The van der Waals surface area contributed by atoms with Gasteiger partial charge in [0.2, 0.25) is 11.8 Å². The molecule has 1 aromatic carbocycles. The second-order valence-corrected chi connectivity index (χ2v) is 6.60. The van der Waals surface area contributed by atoms with Gasteiger partial charge < -0.3 is 15.7 Å². The lowest BCUT2D eigenvalue weighted by molar-refractivity contribution is -0.144. The molecule has 2 amide bonds. The summed E-state index contributed by atoms with van der Waals surface area (Å²) in [6, 6.07) is 7.41. The Kier molecular flexibility index (Phi) is 6.98. The van der Waals surface area contributed by atoms with E-state index in [2.05, 4.69) is 10.6 Å². The fourth-order valence-corrected chi connectivity index (χ4v) is 3.09. The third kappa shape index (κ3) is 5.89. The first-order valence-corrected chi connectivity index (χ1v) is 8.89. The van der Waals surface area contributed by atoms with Crippen LogP contribution in [-0.2, 0) is 20.9 Å². The molecule has 0 radical (unpaired) electrons. The highest BCUT2D eigenvalue weighted by Crippen LogP contribution is 2.29. The number of carboxylic acids is 1. The highest BCUT2D eigenvalue weighted by molar-refractivity contribution is 5.90. The molecule has 0 atom stereocenters. The van der Waals surface area contributed by atoms with Crippen LogP contribution >= 0.6 is 0 Å². The van der Waals surface area contributed by atoms with E-state index in [1.165, 1.54) is 0 Å². The van der Waals surface area contributed by atoms with Crippen LogP contribution in [0.1, 0.15) is 51.0 Å². The number of rotatable bonds is 7. The fourth-order valence-electron chi connectivity index (χ4n) is 3.09. The van der Waals surface area contributed by atoms with Crippen molar-refractivity contribution in [2.24, 2.45) is 11.8 Å². The molecule has 2 rings (SSSR count). The quantitative estimate of drug-likeness (QED) is 0.707. The lowest BCUT2D eigenvalue weighted by Crippen LogP contribution is -2.34. The van der Waals surface area contributed by atoms with Gasteiger partial charge in [0.15, 0.2) is 0 Å². The number of benzene rings is 1. The van der Waals surface area contributed by atoms with Gasteiger partial charge in [-0.05, 0) is 49.8 Å². The van der Waals surface area contributed by atoms with Crippen LogP contribution in [0.3, 0.4) is 0 Å². The molecule has 0 heterocycles. The van der Waals surface area contributed by atoms with Crippen molar-refractivity contribution in [1.29, 1.82) is 0 Å². The Morgan fingerprint density at radius 2 is 1.64 bits per heavy atom. The van der Waals surface area contributed by atoms with Crippen LogP contribution in [0.2, 0.25) is 0 Å². The van der Waals surface area contributed by atoms with Gasteiger partial charge in [0.05, 0.1) is 5.92 Å². The number of nitrogens with one attached hydrogen (secondary N) is 2. The number of anilines is 1. The van der Waals surface area contributed by atoms with Crippen molar-refractivity contribution in [2.75, 3.05) is 5.32 Å². The Morgan fingerprint density at radius 3 is 2.20 bits per heavy atom. The molecule has 0 spiro atoms. The number of hydrogen-bond acceptors (Lipinski definition) is 3. The smallest absolute Gasteiger partial charge is 0.306 e. The molecule has 0 unspecified atom stereocenters. The normalized spacial score (nSPS) is 19.9. The van der Waals surface area contributed by atoms with E-state index in [0.29, 0.717) is 38.6 Å². The van der Waals surface area contributed by atoms with Gasteiger partial charge in [-0.25, -0.2) is 0 Å². The Bertz CT molecular complexity index is 604. The van der Waals surface area contributed by atoms with Crippen LogP contribution in [-0.4, -0.2) is 22.9 Å². The Balaban J connectivity index is 1.76. The number of amides is 2. The summed E-state index contributed by atoms with van der Waals surface area (Å²) in [7, 11) is 0. The highest BCUT2D eigenvalue weighted by Gasteiger charge is 2.29. The molecule has 1 saturated carbocycles. The largest absolute Gasteiger partial charge is 0.481 e. The van der Waals surface area contributed by atoms with Crippen molar-refractivity contribution in [3.8, 4) is 0 Å². The van der Waals surface area contributed by atoms with Gasteiger partial charge in [0.1, 0.15) is 0 Å². The predicted molar refractivity (Wildman–Crippen MR) is 94.9 cm³/mol. The summed E-state index contributed by atoms with van der Waals surface area (Å²) in [5.41, 5.74) is 1.71. The summed E-state index contributed by atoms with van der Waals surface area (Å²) in [5.74, 6) is -1.17. The average molecular weight is 346 g/mol. The number of carbonyl (C=O) groups excluding carboxylic acids is 2. The fraction of sp³-hybridized carbons (Fsp3) is 0.526. The molecule has 136 valence electrons. The third-order valence-electron chi connectivity index (χ3n) is 4.63. The SMILES string of the molecule is CCCC(=O)Nc1ccc(CNC(=O)C2CCC(C(=O)O)CC2)cc1. The monoisotopic (exact) mass is 346 g/mol. The molecule has 1 fully saturated rings. The lowest BCUT2D eigenvalue weighted by atomic mass is 9.81. The molecular formula is C19H26N2O4. The van der Waals surface area contributed by atoms with E-state index in [-0.39, 0.29) is 23.7 Å². The van der Waals surface area contributed by atoms with Gasteiger partial charge in [-0.1, -0.05) is 19.1 Å². The molecular weight excluding hydrogens is 320 g/mol. The number of carbonyl (C=O) groups is 3. The summed E-state index contributed by atoms with van der Waals surface area (Å²) in [4.78, 5) is 34.7. The van der Waals surface area contributed by atoms with Gasteiger partial charge in [-0.2, -0.15) is 0 Å². The zero-order valence-corrected chi connectivity index (χ0v) is 14.6. The number of hydrogen-bond donors (Lipinski definition) is 3. The van der Waals surface area contributed by atoms with Crippen molar-refractivity contribution >= 4 is 23.5 Å². The van der Waals surface area contributed by atoms with Crippen LogP contribution < -0.4 is 10.6 Å². The molecule has 6 nitrogen and oxygen atoms in total. The summed E-state index contributed by atoms with van der Waals surface area (Å²) >= 11 is 0. The molecule has 6 heteroatoms. The van der Waals surface area contributed by atoms with Gasteiger partial charge >= 0.3 is 5.97 Å². The first kappa shape index (κ1) is 19.0. The van der Waals surface area contributed by atoms with Crippen molar-refractivity contribution in [3.05, 3.63) is 29.8 Å². The minimum Gasteiger partial charge on any atom is -0.481 e. The molecule has 25 heavy (non-hydrogen) atoms. The van der Waals surface area contributed by atoms with Crippen molar-refractivity contribution in [3.63, 3.8) is 0 Å². The van der Waals surface area contributed by atoms with E-state index in [1.54, 1.807) is 0 Å². The maximum Gasteiger partial charge on any atom is 0.306 e. The summed E-state index contributed by atoms with van der Waals surface area (Å²) < 4.78 is 0. The van der Waals surface area contributed by atoms with Crippen LogP contribution in [0, 0.1) is 11.8 Å². The second-order valence-electron chi connectivity index (χ2n) is 6.60. The van der Waals surface area contributed by atoms with Crippen molar-refractivity contribution in [1.82, 2.24) is 5.32 Å². The summed E-state index contributed by atoms with van der Waals surface area (Å²) in [6.07, 6.45) is 3.71. The topological polar surface area (TPSA) is 95.5 Å². The molecule has 1 aromatic rings. The zero-order chi connectivity index (χ0) is 18.2. The maximum absolute atomic E-state index is 12.2. The molecule has 0 bridgehead atoms. The van der Waals surface area contributed by atoms with Crippen molar-refractivity contribution < 1.29 is 19.5 Å². The van der Waals surface area contributed by atoms with E-state index in [9.17, 15) is 14.4 Å². The summed E-state index contributed by atoms with van der Waals surface area (Å²) in [5, 5.41) is 14.7. The molecule has 3 N–H and O–H groups in total. The van der Waals surface area contributed by atoms with E-state index < -0.39 is 5.97 Å². The minimum atomic E-state index is -0.759. The molecule has 0 saturated heterocycles. The Labute approximate surface area is 148 Å². The van der Waals surface area contributed by atoms with Crippen LogP contribution in [0.5, 0.6) is 0 Å². The lowest BCUT2D eigenvalue weighted by Gasteiger charge is -2.25. The minimum absolute atomic E-state index is 0.000478. The molecule has 0 aromatic heterocycles. The predicted octanol–water partition coefficient (Wildman–Crippen LogP) is 2.93. The van der Waals surface area contributed by atoms with Crippen molar-refractivity contribution in [2.45, 2.75) is 52.0 Å². The summed E-state index contributed by atoms with van der Waals surface area (Å²) in [6.45, 7) is 2.39. The van der Waals surface area contributed by atoms with Crippen LogP contribution in [0.25, 0.3) is 0 Å². The molecule has 0 aliphatic heterocycles. The van der Waals surface area contributed by atoms with E-state index >= 15 is 0 Å². The second kappa shape index (κ2) is 9.20. The number of aliphatic carboxylic acids is 1. The Hall–Kier alpha value is -2.37. The molecule has 1 aliphatic rings. The zero-order valence-electron chi connectivity index (χ0n) is 14.6. The Morgan fingerprint density at radius 1 is 1.04 bits per heavy atom. The first-order valence-electron chi connectivity index (χ1n) is 8.89. The van der Waals surface area contributed by atoms with Gasteiger partial charge in [0.25, 0.3) is 0 Å². The van der Waals surface area contributed by atoms with E-state index in [4.69, 9.17) is 5.11 Å². The highest BCUT2D eigenvalue weighted by atomic mass is 16.4. The standard InChI is InChI=1S/C19H26N2O4/c1-2-3-17(22)21-16-10-4-13(5-11-16)12-20-18(23)14-6-8-15(9-7-14)19(24)25/h4-5,10-11,14-15H,2-3,6-9,12H2,1H3,(H,20,23)(H,21,22)(H,24,25). The van der Waals surface area contributed by atoms with Gasteiger partial charge in [-0.3, -0.25) is 14.4 Å².